The molecule has 5 nitrogen and oxygen atoms in total. The van der Waals surface area contributed by atoms with E-state index in [4.69, 9.17) is 11.6 Å². The van der Waals surface area contributed by atoms with Gasteiger partial charge < -0.3 is 5.32 Å². The van der Waals surface area contributed by atoms with Crippen LogP contribution in [-0.2, 0) is 11.0 Å². The average Bonchev–Trinajstić information content (AvgIpc) is 3.36. The summed E-state index contributed by atoms with van der Waals surface area (Å²) >= 11 is 8.74. The number of hydrogen-bond donors (Lipinski definition) is 1. The van der Waals surface area contributed by atoms with Crippen molar-refractivity contribution in [3.8, 4) is 11.4 Å². The summed E-state index contributed by atoms with van der Waals surface area (Å²) in [7, 11) is 0. The number of carbonyl (C=O) groups excluding carboxylic acids is 1. The lowest BCUT2D eigenvalue weighted by Gasteiger charge is -2.14. The molecule has 172 valence electrons. The summed E-state index contributed by atoms with van der Waals surface area (Å²) in [6, 6.07) is 10.8. The van der Waals surface area contributed by atoms with Crippen LogP contribution in [0.15, 0.2) is 53.0 Å². The number of rotatable bonds is 6. The van der Waals surface area contributed by atoms with Gasteiger partial charge in [-0.25, -0.2) is 0 Å². The molecule has 0 saturated carbocycles. The number of thioether (sulfide) groups is 1. The molecule has 2 heterocycles. The van der Waals surface area contributed by atoms with Crippen LogP contribution in [0.1, 0.15) is 25.5 Å². The summed E-state index contributed by atoms with van der Waals surface area (Å²) in [5.41, 5.74) is -0.0151. The SMILES string of the molecule is CC(C)n1c(SCC(=O)Nc2cc(C(F)(F)F)ccc2Cl)nnc1-c1csc2ccccc12. The Balaban J connectivity index is 1.53. The van der Waals surface area contributed by atoms with Crippen molar-refractivity contribution in [2.24, 2.45) is 0 Å². The highest BCUT2D eigenvalue weighted by atomic mass is 35.5. The van der Waals surface area contributed by atoms with E-state index in [1.807, 2.05) is 48.1 Å². The van der Waals surface area contributed by atoms with E-state index in [1.54, 1.807) is 11.3 Å². The second-order valence-corrected chi connectivity index (χ2v) is 9.71. The van der Waals surface area contributed by atoms with E-state index in [9.17, 15) is 18.0 Å². The zero-order valence-corrected chi connectivity index (χ0v) is 19.9. The van der Waals surface area contributed by atoms with E-state index < -0.39 is 17.6 Å². The Kier molecular flexibility index (Phi) is 6.69. The Morgan fingerprint density at radius 1 is 1.21 bits per heavy atom. The van der Waals surface area contributed by atoms with Crippen molar-refractivity contribution < 1.29 is 18.0 Å². The molecule has 2 aromatic carbocycles. The van der Waals surface area contributed by atoms with Crippen LogP contribution in [0, 0.1) is 0 Å². The lowest BCUT2D eigenvalue weighted by Crippen LogP contribution is -2.16. The van der Waals surface area contributed by atoms with Crippen LogP contribution in [-0.4, -0.2) is 26.4 Å². The maximum atomic E-state index is 13.0. The average molecular weight is 511 g/mol. The highest BCUT2D eigenvalue weighted by Crippen LogP contribution is 2.36. The molecule has 0 atom stereocenters. The number of halogens is 4. The van der Waals surface area contributed by atoms with Gasteiger partial charge in [0.2, 0.25) is 5.91 Å². The molecule has 0 unspecified atom stereocenters. The van der Waals surface area contributed by atoms with Crippen LogP contribution in [0.3, 0.4) is 0 Å². The van der Waals surface area contributed by atoms with Gasteiger partial charge in [-0.15, -0.1) is 21.5 Å². The first kappa shape index (κ1) is 23.6. The topological polar surface area (TPSA) is 59.8 Å². The minimum atomic E-state index is -4.53. The Morgan fingerprint density at radius 2 is 1.97 bits per heavy atom. The molecule has 0 bridgehead atoms. The summed E-state index contributed by atoms with van der Waals surface area (Å²) in [5, 5.41) is 14.8. The van der Waals surface area contributed by atoms with Gasteiger partial charge in [-0.05, 0) is 38.1 Å². The zero-order valence-electron chi connectivity index (χ0n) is 17.5. The van der Waals surface area contributed by atoms with Crippen LogP contribution >= 0.6 is 34.7 Å². The molecule has 0 saturated heterocycles. The first-order chi connectivity index (χ1) is 15.6. The van der Waals surface area contributed by atoms with E-state index in [0.717, 1.165) is 45.6 Å². The molecule has 0 spiro atoms. The fraction of sp³-hybridized carbons (Fsp3) is 0.227. The van der Waals surface area contributed by atoms with Crippen LogP contribution in [0.4, 0.5) is 18.9 Å². The summed E-state index contributed by atoms with van der Waals surface area (Å²) in [6.45, 7) is 3.99. The fourth-order valence-corrected chi connectivity index (χ4v) is 5.26. The molecular weight excluding hydrogens is 493 g/mol. The van der Waals surface area contributed by atoms with E-state index in [0.29, 0.717) is 11.0 Å². The first-order valence-corrected chi connectivity index (χ1v) is 12.1. The van der Waals surface area contributed by atoms with E-state index in [2.05, 4.69) is 15.5 Å². The molecule has 0 aliphatic heterocycles. The maximum absolute atomic E-state index is 13.0. The van der Waals surface area contributed by atoms with E-state index in [1.165, 1.54) is 0 Å². The third-order valence-electron chi connectivity index (χ3n) is 4.80. The predicted octanol–water partition coefficient (Wildman–Crippen LogP) is 7.14. The van der Waals surface area contributed by atoms with Gasteiger partial charge in [-0.1, -0.05) is 41.6 Å². The van der Waals surface area contributed by atoms with Gasteiger partial charge in [-0.2, -0.15) is 13.2 Å². The minimum Gasteiger partial charge on any atom is -0.324 e. The molecule has 0 aliphatic carbocycles. The van der Waals surface area contributed by atoms with Gasteiger partial charge in [0.25, 0.3) is 0 Å². The molecule has 1 N–H and O–H groups in total. The number of amides is 1. The molecular formula is C22H18ClF3N4OS2. The number of anilines is 1. The van der Waals surface area contributed by atoms with E-state index >= 15 is 0 Å². The third-order valence-corrected chi connectivity index (χ3v) is 7.04. The van der Waals surface area contributed by atoms with Crippen LogP contribution in [0.2, 0.25) is 5.02 Å². The summed E-state index contributed by atoms with van der Waals surface area (Å²) in [6.07, 6.45) is -4.53. The molecule has 0 aliphatic rings. The summed E-state index contributed by atoms with van der Waals surface area (Å²) in [5.74, 6) is 0.135. The van der Waals surface area contributed by atoms with Gasteiger partial charge in [0.1, 0.15) is 0 Å². The Bertz CT molecular complexity index is 1320. The van der Waals surface area contributed by atoms with Crippen LogP contribution in [0.25, 0.3) is 21.5 Å². The van der Waals surface area contributed by atoms with E-state index in [-0.39, 0.29) is 22.5 Å². The number of nitrogens with zero attached hydrogens (tertiary/aromatic N) is 3. The summed E-state index contributed by atoms with van der Waals surface area (Å²) in [4.78, 5) is 12.5. The molecule has 11 heteroatoms. The van der Waals surface area contributed by atoms with Crippen molar-refractivity contribution in [1.82, 2.24) is 14.8 Å². The maximum Gasteiger partial charge on any atom is 0.416 e. The highest BCUT2D eigenvalue weighted by molar-refractivity contribution is 7.99. The number of aromatic nitrogens is 3. The zero-order chi connectivity index (χ0) is 23.8. The molecule has 0 radical (unpaired) electrons. The molecule has 4 aromatic rings. The van der Waals surface area contributed by atoms with Gasteiger partial charge in [0.15, 0.2) is 11.0 Å². The van der Waals surface area contributed by atoms with Crippen molar-refractivity contribution in [2.45, 2.75) is 31.2 Å². The second-order valence-electron chi connectivity index (χ2n) is 7.44. The lowest BCUT2D eigenvalue weighted by atomic mass is 10.1. The monoisotopic (exact) mass is 510 g/mol. The Morgan fingerprint density at radius 3 is 2.70 bits per heavy atom. The van der Waals surface area contributed by atoms with Gasteiger partial charge in [-0.3, -0.25) is 9.36 Å². The molecule has 33 heavy (non-hydrogen) atoms. The predicted molar refractivity (Wildman–Crippen MR) is 127 cm³/mol. The fourth-order valence-electron chi connectivity index (χ4n) is 3.29. The number of nitrogens with one attached hydrogen (secondary N) is 1. The molecule has 0 fully saturated rings. The number of thiophene rings is 1. The third kappa shape index (κ3) is 5.02. The van der Waals surface area contributed by atoms with Crippen molar-refractivity contribution >= 4 is 56.4 Å². The highest BCUT2D eigenvalue weighted by Gasteiger charge is 2.31. The van der Waals surface area contributed by atoms with Gasteiger partial charge in [0.05, 0.1) is 22.0 Å². The van der Waals surface area contributed by atoms with Crippen molar-refractivity contribution in [1.29, 1.82) is 0 Å². The smallest absolute Gasteiger partial charge is 0.324 e. The summed E-state index contributed by atoms with van der Waals surface area (Å²) < 4.78 is 42.0. The lowest BCUT2D eigenvalue weighted by molar-refractivity contribution is -0.137. The molecule has 1 amide bonds. The number of alkyl halides is 3. The van der Waals surface area contributed by atoms with Gasteiger partial charge in [0, 0.05) is 27.1 Å². The van der Waals surface area contributed by atoms with Crippen molar-refractivity contribution in [2.75, 3.05) is 11.1 Å². The number of fused-ring (bicyclic) bond motifs is 1. The van der Waals surface area contributed by atoms with Crippen LogP contribution in [0.5, 0.6) is 0 Å². The van der Waals surface area contributed by atoms with Gasteiger partial charge >= 0.3 is 6.18 Å². The van der Waals surface area contributed by atoms with Crippen LogP contribution < -0.4 is 5.32 Å². The Hall–Kier alpha value is -2.56. The minimum absolute atomic E-state index is 0.0251. The molecule has 2 aromatic heterocycles. The molecule has 4 rings (SSSR count). The largest absolute Gasteiger partial charge is 0.416 e. The van der Waals surface area contributed by atoms with Crippen molar-refractivity contribution in [3.63, 3.8) is 0 Å². The van der Waals surface area contributed by atoms with Crippen molar-refractivity contribution in [3.05, 3.63) is 58.4 Å². The number of benzene rings is 2. The standard InChI is InChI=1S/C22H18ClF3N4OS2/c1-12(2)30-20(15-10-32-18-6-4-3-5-14(15)18)28-29-21(30)33-11-19(31)27-17-9-13(22(24,25)26)7-8-16(17)23/h3-10,12H,11H2,1-2H3,(H,27,31). The first-order valence-electron chi connectivity index (χ1n) is 9.86. The second kappa shape index (κ2) is 9.36. The normalized spacial score (nSPS) is 12.0. The number of hydrogen-bond acceptors (Lipinski definition) is 5. The Labute approximate surface area is 201 Å². The number of carbonyl (C=O) groups is 1. The quantitative estimate of drug-likeness (QED) is 0.280.